The maximum atomic E-state index is 12.1. The Labute approximate surface area is 137 Å². The molecule has 2 rings (SSSR count). The molecule has 0 atom stereocenters. The molecule has 0 aliphatic heterocycles. The molecule has 8 nitrogen and oxygen atoms in total. The Bertz CT molecular complexity index is 955. The van der Waals surface area contributed by atoms with Gasteiger partial charge < -0.3 is 0 Å². The number of nitrogens with zero attached hydrogens (tertiary/aromatic N) is 1. The highest BCUT2D eigenvalue weighted by Gasteiger charge is 2.25. The van der Waals surface area contributed by atoms with Crippen molar-refractivity contribution in [2.45, 2.75) is 9.79 Å². The number of nitro groups is 1. The molecule has 2 aromatic rings. The van der Waals surface area contributed by atoms with Crippen LogP contribution in [0.2, 0.25) is 5.02 Å². The summed E-state index contributed by atoms with van der Waals surface area (Å²) in [5.74, 6) is 0. The normalized spacial score (nSPS) is 12.0. The van der Waals surface area contributed by atoms with Gasteiger partial charge in [-0.1, -0.05) is 17.7 Å². The van der Waals surface area contributed by atoms with E-state index < -0.39 is 35.6 Å². The molecule has 0 amide bonds. The zero-order valence-corrected chi connectivity index (χ0v) is 13.6. The number of sulfonamides is 2. The molecule has 2 aromatic carbocycles. The molecular weight excluding hydrogens is 368 g/mol. The molecule has 0 unspecified atom stereocenters. The maximum absolute atomic E-state index is 12.1. The summed E-state index contributed by atoms with van der Waals surface area (Å²) < 4.78 is 49.9. The minimum atomic E-state index is -4.51. The van der Waals surface area contributed by atoms with Gasteiger partial charge in [-0.15, -0.1) is 4.13 Å². The van der Waals surface area contributed by atoms with E-state index in [1.165, 1.54) is 16.3 Å². The first-order chi connectivity index (χ1) is 10.6. The molecule has 0 bridgehead atoms. The van der Waals surface area contributed by atoms with Crippen LogP contribution in [0.1, 0.15) is 0 Å². The summed E-state index contributed by atoms with van der Waals surface area (Å²) in [5, 5.41) is 11.0. The molecule has 0 aliphatic rings. The Hall–Kier alpha value is -2.01. The largest absolute Gasteiger partial charge is 0.270 e. The van der Waals surface area contributed by atoms with Crippen LogP contribution in [-0.2, 0) is 20.0 Å². The van der Waals surface area contributed by atoms with Crippen molar-refractivity contribution in [2.24, 2.45) is 0 Å². The second-order valence-corrected chi connectivity index (χ2v) is 8.36. The molecule has 0 aliphatic carbocycles. The number of halogens is 1. The van der Waals surface area contributed by atoms with Gasteiger partial charge in [-0.05, 0) is 30.3 Å². The third-order valence-corrected chi connectivity index (χ3v) is 6.46. The fourth-order valence-corrected chi connectivity index (χ4v) is 4.70. The number of hydrogen-bond acceptors (Lipinski definition) is 6. The number of rotatable bonds is 5. The average molecular weight is 377 g/mol. The van der Waals surface area contributed by atoms with Crippen molar-refractivity contribution in [3.63, 3.8) is 0 Å². The van der Waals surface area contributed by atoms with Crippen LogP contribution >= 0.6 is 11.6 Å². The van der Waals surface area contributed by atoms with E-state index in [1.807, 2.05) is 0 Å². The van der Waals surface area contributed by atoms with Gasteiger partial charge in [0.2, 0.25) is 0 Å². The van der Waals surface area contributed by atoms with Crippen molar-refractivity contribution in [3.05, 3.63) is 63.7 Å². The van der Waals surface area contributed by atoms with Gasteiger partial charge in [0, 0.05) is 17.2 Å². The van der Waals surface area contributed by atoms with Crippen LogP contribution in [0, 0.1) is 10.1 Å². The first-order valence-electron chi connectivity index (χ1n) is 5.90. The van der Waals surface area contributed by atoms with Crippen molar-refractivity contribution in [2.75, 3.05) is 0 Å². The first kappa shape index (κ1) is 17.3. The second kappa shape index (κ2) is 6.24. The molecule has 23 heavy (non-hydrogen) atoms. The molecule has 122 valence electrons. The molecule has 0 aromatic heterocycles. The van der Waals surface area contributed by atoms with E-state index in [4.69, 9.17) is 11.6 Å². The third kappa shape index (κ3) is 4.05. The van der Waals surface area contributed by atoms with Crippen LogP contribution in [0.3, 0.4) is 0 Å². The predicted octanol–water partition coefficient (Wildman–Crippen LogP) is 1.92. The zero-order valence-electron chi connectivity index (χ0n) is 11.2. The Morgan fingerprint density at radius 2 is 1.48 bits per heavy atom. The molecular formula is C12H9ClN2O6S2. The summed E-state index contributed by atoms with van der Waals surface area (Å²) in [6.07, 6.45) is 0. The predicted molar refractivity (Wildman–Crippen MR) is 82.1 cm³/mol. The highest BCUT2D eigenvalue weighted by molar-refractivity contribution is 8.04. The lowest BCUT2D eigenvalue weighted by Gasteiger charge is -2.08. The number of hydrogen-bond donors (Lipinski definition) is 1. The summed E-state index contributed by atoms with van der Waals surface area (Å²) in [6, 6.07) is 8.88. The van der Waals surface area contributed by atoms with Crippen LogP contribution in [-0.4, -0.2) is 21.8 Å². The lowest BCUT2D eigenvalue weighted by Crippen LogP contribution is -2.30. The van der Waals surface area contributed by atoms with Crippen LogP contribution in [0.25, 0.3) is 0 Å². The molecule has 0 radical (unpaired) electrons. The number of benzene rings is 2. The Morgan fingerprint density at radius 1 is 0.913 bits per heavy atom. The quantitative estimate of drug-likeness (QED) is 0.628. The highest BCUT2D eigenvalue weighted by Crippen LogP contribution is 2.20. The molecule has 11 heteroatoms. The molecule has 0 fully saturated rings. The Kier molecular flexibility index (Phi) is 4.71. The van der Waals surface area contributed by atoms with Crippen LogP contribution in [0.4, 0.5) is 5.69 Å². The van der Waals surface area contributed by atoms with Crippen molar-refractivity contribution < 1.29 is 21.8 Å². The minimum absolute atomic E-state index is 0.283. The lowest BCUT2D eigenvalue weighted by molar-refractivity contribution is -0.385. The molecule has 0 saturated carbocycles. The third-order valence-electron chi connectivity index (χ3n) is 2.68. The van der Waals surface area contributed by atoms with E-state index in [0.29, 0.717) is 0 Å². The van der Waals surface area contributed by atoms with Gasteiger partial charge in [-0.2, -0.15) is 0 Å². The van der Waals surface area contributed by atoms with Crippen LogP contribution in [0.15, 0.2) is 58.3 Å². The fourth-order valence-electron chi connectivity index (χ4n) is 1.62. The van der Waals surface area contributed by atoms with E-state index in [0.717, 1.165) is 36.4 Å². The smallest absolute Gasteiger partial charge is 0.258 e. The topological polar surface area (TPSA) is 123 Å². The van der Waals surface area contributed by atoms with E-state index >= 15 is 0 Å². The van der Waals surface area contributed by atoms with Crippen molar-refractivity contribution in [3.8, 4) is 0 Å². The summed E-state index contributed by atoms with van der Waals surface area (Å²) in [7, 11) is -8.89. The summed E-state index contributed by atoms with van der Waals surface area (Å²) in [6.45, 7) is 0. The number of non-ortho nitro benzene ring substituents is 1. The Morgan fingerprint density at radius 3 is 2.04 bits per heavy atom. The van der Waals surface area contributed by atoms with Gasteiger partial charge in [-0.25, -0.2) is 16.8 Å². The molecule has 1 N–H and O–H groups in total. The summed E-state index contributed by atoms with van der Waals surface area (Å²) >= 11 is 5.64. The maximum Gasteiger partial charge on any atom is 0.270 e. The SMILES string of the molecule is O=[N+]([O-])c1cccc(S(=O)(=O)NS(=O)(=O)c2ccc(Cl)cc2)c1. The van der Waals surface area contributed by atoms with Crippen LogP contribution < -0.4 is 4.13 Å². The van der Waals surface area contributed by atoms with Gasteiger partial charge >= 0.3 is 0 Å². The van der Waals surface area contributed by atoms with Crippen molar-refractivity contribution in [1.82, 2.24) is 4.13 Å². The Balaban J connectivity index is 2.39. The zero-order chi connectivity index (χ0) is 17.3. The van der Waals surface area contributed by atoms with E-state index in [1.54, 1.807) is 0 Å². The summed E-state index contributed by atoms with van der Waals surface area (Å²) in [5.41, 5.74) is -0.475. The molecule has 0 heterocycles. The van der Waals surface area contributed by atoms with Crippen molar-refractivity contribution in [1.29, 1.82) is 0 Å². The van der Waals surface area contributed by atoms with E-state index in [-0.39, 0.29) is 9.92 Å². The summed E-state index contributed by atoms with van der Waals surface area (Å²) in [4.78, 5) is 9.05. The van der Waals surface area contributed by atoms with E-state index in [9.17, 15) is 26.9 Å². The van der Waals surface area contributed by atoms with Gasteiger partial charge in [0.05, 0.1) is 14.7 Å². The fraction of sp³-hybridized carbons (Fsp3) is 0. The molecule has 0 saturated heterocycles. The highest BCUT2D eigenvalue weighted by atomic mass is 35.5. The van der Waals surface area contributed by atoms with Gasteiger partial charge in [0.1, 0.15) is 0 Å². The van der Waals surface area contributed by atoms with E-state index in [2.05, 4.69) is 0 Å². The van der Waals surface area contributed by atoms with Crippen LogP contribution in [0.5, 0.6) is 0 Å². The lowest BCUT2D eigenvalue weighted by atomic mass is 10.3. The van der Waals surface area contributed by atoms with Gasteiger partial charge in [0.25, 0.3) is 25.7 Å². The standard InChI is InChI=1S/C12H9ClN2O6S2/c13-9-4-6-11(7-5-9)22(18,19)14-23(20,21)12-3-1-2-10(8-12)15(16)17/h1-8,14H. The molecule has 0 spiro atoms. The second-order valence-electron chi connectivity index (χ2n) is 4.30. The van der Waals surface area contributed by atoms with Gasteiger partial charge in [0.15, 0.2) is 0 Å². The minimum Gasteiger partial charge on any atom is -0.258 e. The first-order valence-corrected chi connectivity index (χ1v) is 9.25. The average Bonchev–Trinajstić information content (AvgIpc) is 2.46. The number of nitrogens with one attached hydrogen (secondary N) is 1. The van der Waals surface area contributed by atoms with Gasteiger partial charge in [-0.3, -0.25) is 10.1 Å². The number of nitro benzene ring substituents is 1. The van der Waals surface area contributed by atoms with Crippen molar-refractivity contribution >= 4 is 37.3 Å². The monoisotopic (exact) mass is 376 g/mol.